The van der Waals surface area contributed by atoms with Crippen molar-refractivity contribution in [3.8, 4) is 0 Å². The van der Waals surface area contributed by atoms with E-state index in [9.17, 15) is 22.8 Å². The van der Waals surface area contributed by atoms with E-state index in [1.165, 1.54) is 17.0 Å². The number of rotatable bonds is 6. The molecule has 0 aliphatic heterocycles. The largest absolute Gasteiger partial charge is 0.416 e. The first-order valence-electron chi connectivity index (χ1n) is 8.06. The average Bonchev–Trinajstić information content (AvgIpc) is 2.61. The van der Waals surface area contributed by atoms with Gasteiger partial charge in [0.05, 0.1) is 5.56 Å². The number of para-hydroxylation sites is 1. The van der Waals surface area contributed by atoms with Crippen LogP contribution in [0.5, 0.6) is 0 Å². The second-order valence-electron chi connectivity index (χ2n) is 5.77. The average molecular weight is 364 g/mol. The van der Waals surface area contributed by atoms with E-state index >= 15 is 0 Å². The van der Waals surface area contributed by atoms with Crippen LogP contribution in [0, 0.1) is 0 Å². The molecule has 0 radical (unpaired) electrons. The molecule has 0 aliphatic rings. The van der Waals surface area contributed by atoms with Crippen LogP contribution in [0.3, 0.4) is 0 Å². The fourth-order valence-electron chi connectivity index (χ4n) is 2.33. The summed E-state index contributed by atoms with van der Waals surface area (Å²) in [5, 5.41) is 2.52. The minimum atomic E-state index is -4.41. The standard InChI is InChI=1S/C19H19F3N2O2/c1-24(16-6-3-2-4-7-16)18(26)9-5-8-17(25)23-15-12-10-14(11-13-15)19(20,21)22/h2-4,6-7,10-13H,5,8-9H2,1H3,(H,23,25). The van der Waals surface area contributed by atoms with Crippen LogP contribution in [0.15, 0.2) is 54.6 Å². The van der Waals surface area contributed by atoms with Gasteiger partial charge in [-0.25, -0.2) is 0 Å². The van der Waals surface area contributed by atoms with Crippen LogP contribution in [0.4, 0.5) is 24.5 Å². The maximum Gasteiger partial charge on any atom is 0.416 e. The lowest BCUT2D eigenvalue weighted by Crippen LogP contribution is -2.26. The molecule has 0 saturated heterocycles. The maximum absolute atomic E-state index is 12.5. The van der Waals surface area contributed by atoms with Crippen molar-refractivity contribution in [3.63, 3.8) is 0 Å². The number of hydrogen-bond donors (Lipinski definition) is 1. The molecule has 0 bridgehead atoms. The summed E-state index contributed by atoms with van der Waals surface area (Å²) in [7, 11) is 1.67. The Hall–Kier alpha value is -2.83. The Labute approximate surface area is 149 Å². The summed E-state index contributed by atoms with van der Waals surface area (Å²) in [6.45, 7) is 0. The highest BCUT2D eigenvalue weighted by molar-refractivity contribution is 5.94. The molecule has 0 spiro atoms. The predicted molar refractivity (Wildman–Crippen MR) is 93.8 cm³/mol. The Morgan fingerprint density at radius 1 is 0.962 bits per heavy atom. The molecular weight excluding hydrogens is 345 g/mol. The Morgan fingerprint density at radius 3 is 2.15 bits per heavy atom. The summed E-state index contributed by atoms with van der Waals surface area (Å²) in [6, 6.07) is 13.4. The fraction of sp³-hybridized carbons (Fsp3) is 0.263. The quantitative estimate of drug-likeness (QED) is 0.822. The number of amides is 2. The SMILES string of the molecule is CN(C(=O)CCCC(=O)Nc1ccc(C(F)(F)F)cc1)c1ccccc1. The van der Waals surface area contributed by atoms with Gasteiger partial charge in [-0.15, -0.1) is 0 Å². The van der Waals surface area contributed by atoms with Gasteiger partial charge in [-0.1, -0.05) is 18.2 Å². The summed E-state index contributed by atoms with van der Waals surface area (Å²) in [6.07, 6.45) is -3.75. The summed E-state index contributed by atoms with van der Waals surface area (Å²) in [5.41, 5.74) is 0.285. The molecule has 26 heavy (non-hydrogen) atoms. The van der Waals surface area contributed by atoms with Crippen molar-refractivity contribution in [2.75, 3.05) is 17.3 Å². The van der Waals surface area contributed by atoms with Crippen molar-refractivity contribution in [3.05, 3.63) is 60.2 Å². The molecular formula is C19H19F3N2O2. The minimum absolute atomic E-state index is 0.107. The first-order valence-corrected chi connectivity index (χ1v) is 8.06. The number of halogens is 3. The number of hydrogen-bond acceptors (Lipinski definition) is 2. The molecule has 4 nitrogen and oxygen atoms in total. The van der Waals surface area contributed by atoms with Crippen LogP contribution in [0.1, 0.15) is 24.8 Å². The zero-order valence-electron chi connectivity index (χ0n) is 14.2. The van der Waals surface area contributed by atoms with Crippen molar-refractivity contribution < 1.29 is 22.8 Å². The molecule has 2 amide bonds. The lowest BCUT2D eigenvalue weighted by molar-refractivity contribution is -0.137. The number of carbonyl (C=O) groups excluding carboxylic acids is 2. The third kappa shape index (κ3) is 5.61. The molecule has 7 heteroatoms. The van der Waals surface area contributed by atoms with Gasteiger partial charge < -0.3 is 10.2 Å². The first-order chi connectivity index (χ1) is 12.3. The van der Waals surface area contributed by atoms with Crippen molar-refractivity contribution >= 4 is 23.2 Å². The van der Waals surface area contributed by atoms with Gasteiger partial charge in [0.1, 0.15) is 0 Å². The smallest absolute Gasteiger partial charge is 0.326 e. The highest BCUT2D eigenvalue weighted by Crippen LogP contribution is 2.29. The summed E-state index contributed by atoms with van der Waals surface area (Å²) >= 11 is 0. The van der Waals surface area contributed by atoms with E-state index in [-0.39, 0.29) is 30.3 Å². The minimum Gasteiger partial charge on any atom is -0.326 e. The van der Waals surface area contributed by atoms with Crippen LogP contribution in [0.25, 0.3) is 0 Å². The molecule has 138 valence electrons. The Kier molecular flexibility index (Phi) is 6.38. The fourth-order valence-corrected chi connectivity index (χ4v) is 2.33. The van der Waals surface area contributed by atoms with Gasteiger partial charge in [0.25, 0.3) is 0 Å². The molecule has 0 aliphatic carbocycles. The van der Waals surface area contributed by atoms with E-state index in [0.29, 0.717) is 6.42 Å². The number of carbonyl (C=O) groups is 2. The third-order valence-electron chi connectivity index (χ3n) is 3.81. The molecule has 0 aromatic heterocycles. The molecule has 0 fully saturated rings. The first kappa shape index (κ1) is 19.5. The third-order valence-corrected chi connectivity index (χ3v) is 3.81. The van der Waals surface area contributed by atoms with Crippen molar-refractivity contribution in [2.45, 2.75) is 25.4 Å². The summed E-state index contributed by atoms with van der Waals surface area (Å²) < 4.78 is 37.5. The van der Waals surface area contributed by atoms with E-state index in [1.807, 2.05) is 30.3 Å². The molecule has 0 atom stereocenters. The van der Waals surface area contributed by atoms with Crippen LogP contribution in [-0.2, 0) is 15.8 Å². The highest BCUT2D eigenvalue weighted by Gasteiger charge is 2.29. The molecule has 0 unspecified atom stereocenters. The van der Waals surface area contributed by atoms with Gasteiger partial charge in [-0.2, -0.15) is 13.2 Å². The van der Waals surface area contributed by atoms with Crippen LogP contribution < -0.4 is 10.2 Å². The second kappa shape index (κ2) is 8.51. The molecule has 0 heterocycles. The number of anilines is 2. The highest BCUT2D eigenvalue weighted by atomic mass is 19.4. The van der Waals surface area contributed by atoms with Crippen LogP contribution in [0.2, 0.25) is 0 Å². The lowest BCUT2D eigenvalue weighted by Gasteiger charge is -2.17. The molecule has 2 aromatic carbocycles. The van der Waals surface area contributed by atoms with E-state index in [4.69, 9.17) is 0 Å². The number of benzene rings is 2. The predicted octanol–water partition coefficient (Wildman–Crippen LogP) is 4.48. The van der Waals surface area contributed by atoms with Crippen LogP contribution >= 0.6 is 0 Å². The Bertz CT molecular complexity index is 744. The normalized spacial score (nSPS) is 11.1. The van der Waals surface area contributed by atoms with Crippen molar-refractivity contribution in [1.82, 2.24) is 0 Å². The number of nitrogens with zero attached hydrogens (tertiary/aromatic N) is 1. The molecule has 2 aromatic rings. The molecule has 2 rings (SSSR count). The maximum atomic E-state index is 12.5. The zero-order valence-corrected chi connectivity index (χ0v) is 14.2. The van der Waals surface area contributed by atoms with E-state index < -0.39 is 11.7 Å². The summed E-state index contributed by atoms with van der Waals surface area (Å²) in [4.78, 5) is 25.5. The zero-order chi connectivity index (χ0) is 19.2. The number of alkyl halides is 3. The van der Waals surface area contributed by atoms with Crippen molar-refractivity contribution in [2.24, 2.45) is 0 Å². The van der Waals surface area contributed by atoms with Gasteiger partial charge in [-0.3, -0.25) is 9.59 Å². The topological polar surface area (TPSA) is 49.4 Å². The summed E-state index contributed by atoms with van der Waals surface area (Å²) in [5.74, 6) is -0.460. The van der Waals surface area contributed by atoms with Gasteiger partial charge in [0, 0.05) is 31.3 Å². The van der Waals surface area contributed by atoms with Gasteiger partial charge in [-0.05, 0) is 42.8 Å². The van der Waals surface area contributed by atoms with E-state index in [2.05, 4.69) is 5.32 Å². The molecule has 1 N–H and O–H groups in total. The van der Waals surface area contributed by atoms with E-state index in [0.717, 1.165) is 17.8 Å². The van der Waals surface area contributed by atoms with E-state index in [1.54, 1.807) is 7.05 Å². The second-order valence-corrected chi connectivity index (χ2v) is 5.77. The molecule has 0 saturated carbocycles. The van der Waals surface area contributed by atoms with Gasteiger partial charge in [0.2, 0.25) is 11.8 Å². The monoisotopic (exact) mass is 364 g/mol. The Morgan fingerprint density at radius 2 is 1.58 bits per heavy atom. The Balaban J connectivity index is 1.77. The van der Waals surface area contributed by atoms with Crippen LogP contribution in [-0.4, -0.2) is 18.9 Å². The van der Waals surface area contributed by atoms with Gasteiger partial charge in [0.15, 0.2) is 0 Å². The lowest BCUT2D eigenvalue weighted by atomic mass is 10.2. The van der Waals surface area contributed by atoms with Gasteiger partial charge >= 0.3 is 6.18 Å². The van der Waals surface area contributed by atoms with Crippen molar-refractivity contribution in [1.29, 1.82) is 0 Å². The number of nitrogens with one attached hydrogen (secondary N) is 1.